The van der Waals surface area contributed by atoms with Gasteiger partial charge in [-0.25, -0.2) is 0 Å². The summed E-state index contributed by atoms with van der Waals surface area (Å²) in [5.41, 5.74) is 2.09. The molecule has 0 atom stereocenters. The van der Waals surface area contributed by atoms with Gasteiger partial charge in [-0.3, -0.25) is 9.59 Å². The number of unbranched alkanes of at least 4 members (excludes halogenated alkanes) is 1. The lowest BCUT2D eigenvalue weighted by atomic mass is 10.1. The van der Waals surface area contributed by atoms with Crippen molar-refractivity contribution in [3.63, 3.8) is 0 Å². The molecule has 184 valence electrons. The van der Waals surface area contributed by atoms with Gasteiger partial charge in [-0.15, -0.1) is 11.3 Å². The molecule has 2 aromatic carbocycles. The Kier molecular flexibility index (Phi) is 8.15. The van der Waals surface area contributed by atoms with Crippen molar-refractivity contribution in [2.45, 2.75) is 31.6 Å². The highest BCUT2D eigenvalue weighted by molar-refractivity contribution is 8.08. The van der Waals surface area contributed by atoms with Crippen LogP contribution in [0.5, 0.6) is 5.75 Å². The van der Waals surface area contributed by atoms with E-state index in [2.05, 4.69) is 24.0 Å². The number of methoxy groups -OCH3 is 1. The predicted octanol–water partition coefficient (Wildman–Crippen LogP) is 4.00. The standard InChI is InChI=1S/C27H30N2O4S2/c1-5-6-16-33-17-15-29-21-9-7-8-10-22(21)34-27(29)24-25(31)28(3)26(35-24)18(2)23(30)19-11-13-20(32-4)14-12-19/h7-14H,5-6,15-17H2,1-4H3/b26-18-,27-24+. The van der Waals surface area contributed by atoms with Gasteiger partial charge in [-0.1, -0.05) is 37.2 Å². The Morgan fingerprint density at radius 1 is 1.06 bits per heavy atom. The Balaban J connectivity index is 1.75. The molecule has 0 radical (unpaired) electrons. The lowest BCUT2D eigenvalue weighted by molar-refractivity contribution is 0.105. The summed E-state index contributed by atoms with van der Waals surface area (Å²) in [5.74, 6) is 0.586. The third kappa shape index (κ3) is 5.24. The molecule has 0 N–H and O–H groups in total. The highest BCUT2D eigenvalue weighted by Gasteiger charge is 2.27. The van der Waals surface area contributed by atoms with E-state index in [1.165, 1.54) is 11.3 Å². The first-order valence-electron chi connectivity index (χ1n) is 11.7. The first-order chi connectivity index (χ1) is 17.0. The Hall–Kier alpha value is -2.81. The Morgan fingerprint density at radius 3 is 2.51 bits per heavy atom. The van der Waals surface area contributed by atoms with Gasteiger partial charge in [0, 0.05) is 36.2 Å². The van der Waals surface area contributed by atoms with Gasteiger partial charge in [-0.05, 0) is 49.7 Å². The van der Waals surface area contributed by atoms with Crippen LogP contribution in [0.25, 0.3) is 10.6 Å². The van der Waals surface area contributed by atoms with Crippen LogP contribution in [0.1, 0.15) is 37.0 Å². The summed E-state index contributed by atoms with van der Waals surface area (Å²) < 4.78 is 13.9. The van der Waals surface area contributed by atoms with Crippen molar-refractivity contribution in [3.8, 4) is 5.75 Å². The van der Waals surface area contributed by atoms with E-state index in [1.54, 1.807) is 61.7 Å². The van der Waals surface area contributed by atoms with E-state index in [-0.39, 0.29) is 11.3 Å². The van der Waals surface area contributed by atoms with Gasteiger partial charge in [0.25, 0.3) is 5.56 Å². The molecule has 1 aliphatic rings. The third-order valence-corrected chi connectivity index (χ3v) is 8.58. The molecule has 35 heavy (non-hydrogen) atoms. The molecule has 0 bridgehead atoms. The first kappa shape index (κ1) is 25.3. The van der Waals surface area contributed by atoms with Crippen molar-refractivity contribution < 1.29 is 14.3 Å². The number of hydrogen-bond donors (Lipinski definition) is 0. The highest BCUT2D eigenvalue weighted by atomic mass is 32.2. The number of hydrogen-bond acceptors (Lipinski definition) is 7. The second-order valence-electron chi connectivity index (χ2n) is 8.28. The maximum Gasteiger partial charge on any atom is 0.271 e. The molecule has 0 aliphatic carbocycles. The number of para-hydroxylation sites is 1. The van der Waals surface area contributed by atoms with Crippen molar-refractivity contribution in [3.05, 3.63) is 73.6 Å². The molecule has 0 saturated carbocycles. The van der Waals surface area contributed by atoms with Crippen LogP contribution in [0.2, 0.25) is 0 Å². The number of ether oxygens (including phenoxy) is 2. The van der Waals surface area contributed by atoms with Crippen LogP contribution in [0.15, 0.2) is 58.2 Å². The van der Waals surface area contributed by atoms with Crippen LogP contribution < -0.4 is 24.4 Å². The largest absolute Gasteiger partial charge is 0.497 e. The monoisotopic (exact) mass is 510 g/mol. The second kappa shape index (κ2) is 11.3. The molecule has 2 heterocycles. The number of fused-ring (bicyclic) bond motifs is 1. The van der Waals surface area contributed by atoms with E-state index >= 15 is 0 Å². The SMILES string of the molecule is CCCCOCCN1/C(=c2\s/c(=C(/C)C(=O)c3ccc(OC)cc3)n(C)c2=O)Sc2ccccc21. The minimum absolute atomic E-state index is 0.0981. The van der Waals surface area contributed by atoms with E-state index in [0.717, 1.165) is 35.1 Å². The average molecular weight is 511 g/mol. The minimum Gasteiger partial charge on any atom is -0.497 e. The number of nitrogens with zero attached hydrogens (tertiary/aromatic N) is 2. The fraction of sp³-hybridized carbons (Fsp3) is 0.333. The molecule has 0 spiro atoms. The fourth-order valence-electron chi connectivity index (χ4n) is 3.90. The molecule has 0 saturated heterocycles. The molecule has 6 nitrogen and oxygen atoms in total. The highest BCUT2D eigenvalue weighted by Crippen LogP contribution is 2.45. The molecule has 1 aromatic heterocycles. The van der Waals surface area contributed by atoms with Gasteiger partial charge < -0.3 is 18.9 Å². The van der Waals surface area contributed by atoms with Crippen molar-refractivity contribution in [2.24, 2.45) is 7.05 Å². The number of carbonyl (C=O) groups is 1. The number of thioether (sulfide) groups is 1. The number of ketones is 1. The van der Waals surface area contributed by atoms with Crippen molar-refractivity contribution in [1.29, 1.82) is 0 Å². The van der Waals surface area contributed by atoms with Crippen LogP contribution in [0, 0.1) is 0 Å². The van der Waals surface area contributed by atoms with E-state index in [1.807, 2.05) is 12.1 Å². The van der Waals surface area contributed by atoms with E-state index < -0.39 is 0 Å². The lowest BCUT2D eigenvalue weighted by Crippen LogP contribution is -2.34. The average Bonchev–Trinajstić information content (AvgIpc) is 3.40. The number of aromatic nitrogens is 1. The third-order valence-electron chi connectivity index (χ3n) is 5.92. The van der Waals surface area contributed by atoms with Crippen LogP contribution >= 0.6 is 23.1 Å². The van der Waals surface area contributed by atoms with Crippen LogP contribution in [-0.4, -0.2) is 37.2 Å². The summed E-state index contributed by atoms with van der Waals surface area (Å²) in [7, 11) is 3.32. The maximum atomic E-state index is 13.4. The molecule has 0 fully saturated rings. The zero-order valence-corrected chi connectivity index (χ0v) is 22.1. The maximum absolute atomic E-state index is 13.4. The zero-order valence-electron chi connectivity index (χ0n) is 20.5. The Labute approximate surface area is 213 Å². The summed E-state index contributed by atoms with van der Waals surface area (Å²) in [6, 6.07) is 15.2. The molecule has 1 aliphatic heterocycles. The number of rotatable bonds is 9. The summed E-state index contributed by atoms with van der Waals surface area (Å²) in [4.78, 5) is 29.8. The van der Waals surface area contributed by atoms with E-state index in [9.17, 15) is 9.59 Å². The molecule has 0 unspecified atom stereocenters. The van der Waals surface area contributed by atoms with Crippen LogP contribution in [-0.2, 0) is 11.8 Å². The topological polar surface area (TPSA) is 60.8 Å². The molecule has 0 amide bonds. The number of benzene rings is 2. The predicted molar refractivity (Wildman–Crippen MR) is 144 cm³/mol. The van der Waals surface area contributed by atoms with Crippen LogP contribution in [0.3, 0.4) is 0 Å². The normalized spacial score (nSPS) is 15.3. The van der Waals surface area contributed by atoms with Crippen molar-refractivity contribution in [2.75, 3.05) is 31.8 Å². The van der Waals surface area contributed by atoms with Gasteiger partial charge in [0.15, 0.2) is 5.78 Å². The van der Waals surface area contributed by atoms with Crippen molar-refractivity contribution >= 4 is 45.2 Å². The van der Waals surface area contributed by atoms with Gasteiger partial charge >= 0.3 is 0 Å². The second-order valence-corrected chi connectivity index (χ2v) is 10.3. The summed E-state index contributed by atoms with van der Waals surface area (Å²) in [5, 5.41) is 0.895. The van der Waals surface area contributed by atoms with Gasteiger partial charge in [0.05, 0.1) is 19.4 Å². The number of thiazole rings is 1. The molecular weight excluding hydrogens is 480 g/mol. The first-order valence-corrected chi connectivity index (χ1v) is 13.3. The van der Waals surface area contributed by atoms with Gasteiger partial charge in [0.2, 0.25) is 0 Å². The van der Waals surface area contributed by atoms with E-state index in [0.29, 0.717) is 39.2 Å². The summed E-state index contributed by atoms with van der Waals surface area (Å²) >= 11 is 2.97. The Morgan fingerprint density at radius 2 is 1.80 bits per heavy atom. The molecule has 4 rings (SSSR count). The van der Waals surface area contributed by atoms with Crippen LogP contribution in [0.4, 0.5) is 5.69 Å². The Bertz CT molecular complexity index is 1390. The molecule has 3 aromatic rings. The summed E-state index contributed by atoms with van der Waals surface area (Å²) in [6.07, 6.45) is 2.13. The number of Topliss-reactive ketones (excluding diaryl/α,β-unsaturated/α-hetero) is 1. The summed E-state index contributed by atoms with van der Waals surface area (Å²) in [6.45, 7) is 5.90. The fourth-order valence-corrected chi connectivity index (χ4v) is 6.35. The van der Waals surface area contributed by atoms with Crippen molar-refractivity contribution in [1.82, 2.24) is 4.57 Å². The minimum atomic E-state index is -0.107. The number of carbonyl (C=O) groups excluding carboxylic acids is 1. The zero-order chi connectivity index (χ0) is 24.9. The van der Waals surface area contributed by atoms with Gasteiger partial charge in [0.1, 0.15) is 20.0 Å². The van der Waals surface area contributed by atoms with E-state index in [4.69, 9.17) is 9.47 Å². The molecule has 8 heteroatoms. The smallest absolute Gasteiger partial charge is 0.271 e. The number of anilines is 1. The molecular formula is C27H30N2O4S2. The quantitative estimate of drug-likeness (QED) is 0.320. The lowest BCUT2D eigenvalue weighted by Gasteiger charge is -2.19. The van der Waals surface area contributed by atoms with Gasteiger partial charge in [-0.2, -0.15) is 0 Å².